The molecule has 3 heteroatoms. The van der Waals surface area contributed by atoms with E-state index < -0.39 is 0 Å². The lowest BCUT2D eigenvalue weighted by Crippen LogP contribution is -2.36. The summed E-state index contributed by atoms with van der Waals surface area (Å²) in [5, 5.41) is 0. The van der Waals surface area contributed by atoms with Crippen LogP contribution in [0, 0.1) is 5.92 Å². The highest BCUT2D eigenvalue weighted by molar-refractivity contribution is 7.98. The lowest BCUT2D eigenvalue weighted by molar-refractivity contribution is 0.0954. The topological polar surface area (TPSA) is 12.5 Å². The highest BCUT2D eigenvalue weighted by Gasteiger charge is 2.37. The van der Waals surface area contributed by atoms with Crippen LogP contribution in [0.5, 0.6) is 5.75 Å². The summed E-state index contributed by atoms with van der Waals surface area (Å²) in [6.45, 7) is 5.80. The Bertz CT molecular complexity index is 429. The minimum absolute atomic E-state index is 0.00420. The standard InChI is InChI=1S/C16H23NOS/c1-16(9-10-17(12-16)11-13-3-4-13)18-14-5-7-15(19-2)8-6-14/h5-8,13H,3-4,9-12H2,1-2H3/t16-/m1/s1. The van der Waals surface area contributed by atoms with E-state index in [2.05, 4.69) is 42.3 Å². The first-order valence-corrected chi connectivity index (χ1v) is 8.45. The van der Waals surface area contributed by atoms with Gasteiger partial charge in [0.25, 0.3) is 0 Å². The third kappa shape index (κ3) is 3.46. The molecule has 104 valence electrons. The van der Waals surface area contributed by atoms with Gasteiger partial charge in [-0.2, -0.15) is 0 Å². The van der Waals surface area contributed by atoms with E-state index in [9.17, 15) is 0 Å². The van der Waals surface area contributed by atoms with Crippen LogP contribution in [-0.2, 0) is 0 Å². The van der Waals surface area contributed by atoms with Crippen molar-refractivity contribution in [3.63, 3.8) is 0 Å². The Morgan fingerprint density at radius 2 is 2.05 bits per heavy atom. The van der Waals surface area contributed by atoms with Crippen LogP contribution in [0.25, 0.3) is 0 Å². The van der Waals surface area contributed by atoms with Crippen LogP contribution in [0.15, 0.2) is 29.2 Å². The molecule has 3 rings (SSSR count). The predicted molar refractivity (Wildman–Crippen MR) is 81.0 cm³/mol. The van der Waals surface area contributed by atoms with Gasteiger partial charge in [-0.25, -0.2) is 0 Å². The van der Waals surface area contributed by atoms with Crippen molar-refractivity contribution < 1.29 is 4.74 Å². The molecular weight excluding hydrogens is 254 g/mol. The van der Waals surface area contributed by atoms with Crippen molar-refractivity contribution in [2.75, 3.05) is 25.9 Å². The first kappa shape index (κ1) is 13.3. The van der Waals surface area contributed by atoms with Crippen molar-refractivity contribution in [3.05, 3.63) is 24.3 Å². The number of nitrogens with zero attached hydrogens (tertiary/aromatic N) is 1. The molecule has 1 atom stereocenters. The van der Waals surface area contributed by atoms with Crippen LogP contribution in [0.1, 0.15) is 26.2 Å². The monoisotopic (exact) mass is 277 g/mol. The second kappa shape index (κ2) is 5.37. The molecule has 0 N–H and O–H groups in total. The molecular formula is C16H23NOS. The number of benzene rings is 1. The maximum Gasteiger partial charge on any atom is 0.120 e. The van der Waals surface area contributed by atoms with E-state index in [1.165, 1.54) is 30.8 Å². The Balaban J connectivity index is 1.58. The van der Waals surface area contributed by atoms with Gasteiger partial charge in [-0.1, -0.05) is 0 Å². The summed E-state index contributed by atoms with van der Waals surface area (Å²) in [5.74, 6) is 1.98. The summed E-state index contributed by atoms with van der Waals surface area (Å²) in [4.78, 5) is 3.87. The predicted octanol–water partition coefficient (Wildman–Crippen LogP) is 3.66. The summed E-state index contributed by atoms with van der Waals surface area (Å²) >= 11 is 1.77. The Labute approximate surface area is 120 Å². The zero-order chi connectivity index (χ0) is 13.3. The molecule has 0 radical (unpaired) electrons. The van der Waals surface area contributed by atoms with E-state index >= 15 is 0 Å². The molecule has 1 saturated heterocycles. The Morgan fingerprint density at radius 1 is 1.32 bits per heavy atom. The number of hydrogen-bond donors (Lipinski definition) is 0. The minimum Gasteiger partial charge on any atom is -0.486 e. The fraction of sp³-hybridized carbons (Fsp3) is 0.625. The highest BCUT2D eigenvalue weighted by atomic mass is 32.2. The van der Waals surface area contributed by atoms with Crippen LogP contribution in [0.4, 0.5) is 0 Å². The SMILES string of the molecule is CSc1ccc(O[C@]2(C)CCN(CC3CC3)C2)cc1. The quantitative estimate of drug-likeness (QED) is 0.762. The number of thioether (sulfide) groups is 1. The molecule has 1 heterocycles. The second-order valence-corrected chi connectivity index (χ2v) is 7.04. The van der Waals surface area contributed by atoms with Crippen molar-refractivity contribution >= 4 is 11.8 Å². The normalized spacial score (nSPS) is 27.7. The molecule has 1 aliphatic heterocycles. The average molecular weight is 277 g/mol. The van der Waals surface area contributed by atoms with Gasteiger partial charge in [0.2, 0.25) is 0 Å². The van der Waals surface area contributed by atoms with E-state index in [4.69, 9.17) is 4.74 Å². The molecule has 1 aromatic rings. The van der Waals surface area contributed by atoms with Crippen molar-refractivity contribution in [2.45, 2.75) is 36.7 Å². The maximum absolute atomic E-state index is 6.24. The van der Waals surface area contributed by atoms with Gasteiger partial charge in [0, 0.05) is 31.0 Å². The molecule has 1 aliphatic carbocycles. The molecule has 2 fully saturated rings. The molecule has 0 aromatic heterocycles. The van der Waals surface area contributed by atoms with E-state index in [1.54, 1.807) is 11.8 Å². The Hall–Kier alpha value is -0.670. The fourth-order valence-electron chi connectivity index (χ4n) is 2.86. The third-order valence-electron chi connectivity index (χ3n) is 4.15. The van der Waals surface area contributed by atoms with Crippen LogP contribution >= 0.6 is 11.8 Å². The largest absolute Gasteiger partial charge is 0.486 e. The van der Waals surface area contributed by atoms with E-state index in [0.717, 1.165) is 24.6 Å². The van der Waals surface area contributed by atoms with Crippen LogP contribution in [0.2, 0.25) is 0 Å². The van der Waals surface area contributed by atoms with Crippen LogP contribution in [0.3, 0.4) is 0 Å². The second-order valence-electron chi connectivity index (χ2n) is 6.16. The third-order valence-corrected chi connectivity index (χ3v) is 4.90. The minimum atomic E-state index is -0.00420. The van der Waals surface area contributed by atoms with Crippen molar-refractivity contribution in [1.82, 2.24) is 4.90 Å². The van der Waals surface area contributed by atoms with Crippen molar-refractivity contribution in [2.24, 2.45) is 5.92 Å². The molecule has 0 spiro atoms. The lowest BCUT2D eigenvalue weighted by Gasteiger charge is -2.26. The van der Waals surface area contributed by atoms with E-state index in [0.29, 0.717) is 0 Å². The number of hydrogen-bond acceptors (Lipinski definition) is 3. The summed E-state index contributed by atoms with van der Waals surface area (Å²) in [5.41, 5.74) is -0.00420. The zero-order valence-electron chi connectivity index (χ0n) is 11.9. The molecule has 19 heavy (non-hydrogen) atoms. The van der Waals surface area contributed by atoms with Crippen LogP contribution in [-0.4, -0.2) is 36.4 Å². The Morgan fingerprint density at radius 3 is 2.68 bits per heavy atom. The van der Waals surface area contributed by atoms with Crippen molar-refractivity contribution in [1.29, 1.82) is 0 Å². The molecule has 1 saturated carbocycles. The maximum atomic E-state index is 6.24. The molecule has 1 aromatic carbocycles. The molecule has 0 unspecified atom stereocenters. The summed E-state index contributed by atoms with van der Waals surface area (Å²) in [7, 11) is 0. The fourth-order valence-corrected chi connectivity index (χ4v) is 3.27. The van der Waals surface area contributed by atoms with Crippen molar-refractivity contribution in [3.8, 4) is 5.75 Å². The van der Waals surface area contributed by atoms with Gasteiger partial charge in [-0.3, -0.25) is 4.90 Å². The summed E-state index contributed by atoms with van der Waals surface area (Å²) < 4.78 is 6.24. The van der Waals surface area contributed by atoms with Gasteiger partial charge in [-0.05, 0) is 56.2 Å². The van der Waals surface area contributed by atoms with Gasteiger partial charge in [-0.15, -0.1) is 11.8 Å². The van der Waals surface area contributed by atoms with E-state index in [-0.39, 0.29) is 5.60 Å². The lowest BCUT2D eigenvalue weighted by atomic mass is 10.1. The smallest absolute Gasteiger partial charge is 0.120 e. The number of likely N-dealkylation sites (tertiary alicyclic amines) is 1. The average Bonchev–Trinajstić information content (AvgIpc) is 3.14. The zero-order valence-corrected chi connectivity index (χ0v) is 12.7. The molecule has 0 amide bonds. The number of rotatable bonds is 5. The summed E-state index contributed by atoms with van der Waals surface area (Å²) in [6, 6.07) is 8.47. The van der Waals surface area contributed by atoms with Crippen LogP contribution < -0.4 is 4.74 Å². The first-order chi connectivity index (χ1) is 9.17. The molecule has 2 aliphatic rings. The summed E-state index contributed by atoms with van der Waals surface area (Å²) in [6.07, 6.45) is 6.11. The Kier molecular flexibility index (Phi) is 3.77. The van der Waals surface area contributed by atoms with Gasteiger partial charge < -0.3 is 4.74 Å². The number of ether oxygens (including phenoxy) is 1. The highest BCUT2D eigenvalue weighted by Crippen LogP contribution is 2.34. The molecule has 0 bridgehead atoms. The molecule has 2 nitrogen and oxygen atoms in total. The van der Waals surface area contributed by atoms with E-state index in [1.807, 2.05) is 0 Å². The van der Waals surface area contributed by atoms with Gasteiger partial charge in [0.15, 0.2) is 0 Å². The first-order valence-electron chi connectivity index (χ1n) is 7.22. The van der Waals surface area contributed by atoms with Gasteiger partial charge >= 0.3 is 0 Å². The van der Waals surface area contributed by atoms with Gasteiger partial charge in [0.05, 0.1) is 0 Å². The van der Waals surface area contributed by atoms with Gasteiger partial charge in [0.1, 0.15) is 11.4 Å².